The third-order valence-corrected chi connectivity index (χ3v) is 4.05. The Hall–Kier alpha value is -2.27. The van der Waals surface area contributed by atoms with Gasteiger partial charge in [-0.05, 0) is 31.0 Å². The number of carbonyl (C=O) groups is 1. The van der Waals surface area contributed by atoms with Crippen molar-refractivity contribution in [2.45, 2.75) is 25.9 Å². The Labute approximate surface area is 129 Å². The summed E-state index contributed by atoms with van der Waals surface area (Å²) in [6, 6.07) is 10.4. The van der Waals surface area contributed by atoms with Gasteiger partial charge in [0.1, 0.15) is 5.76 Å². The van der Waals surface area contributed by atoms with E-state index in [9.17, 15) is 4.79 Å². The van der Waals surface area contributed by atoms with Gasteiger partial charge in [0.25, 0.3) is 5.91 Å². The predicted octanol–water partition coefficient (Wildman–Crippen LogP) is 1.95. The van der Waals surface area contributed by atoms with Crippen LogP contribution in [0.2, 0.25) is 0 Å². The van der Waals surface area contributed by atoms with E-state index in [4.69, 9.17) is 9.52 Å². The first kappa shape index (κ1) is 14.7. The van der Waals surface area contributed by atoms with Crippen LogP contribution in [0.25, 0.3) is 0 Å². The van der Waals surface area contributed by atoms with Crippen LogP contribution in [0.1, 0.15) is 28.6 Å². The molecular formula is C17H20N2O3. The minimum absolute atomic E-state index is 0.0739. The Kier molecular flexibility index (Phi) is 4.15. The summed E-state index contributed by atoms with van der Waals surface area (Å²) in [5.41, 5.74) is 3.06. The summed E-state index contributed by atoms with van der Waals surface area (Å²) in [5.74, 6) is 0.442. The molecule has 1 aromatic heterocycles. The molecule has 1 aliphatic heterocycles. The van der Waals surface area contributed by atoms with E-state index in [-0.39, 0.29) is 19.1 Å². The lowest BCUT2D eigenvalue weighted by Gasteiger charge is -2.24. The number of hydrogen-bond acceptors (Lipinski definition) is 4. The molecule has 1 atom stereocenters. The minimum Gasteiger partial charge on any atom is -0.467 e. The number of aliphatic hydroxyl groups is 1. The van der Waals surface area contributed by atoms with E-state index in [1.54, 1.807) is 6.07 Å². The highest BCUT2D eigenvalue weighted by molar-refractivity contribution is 5.95. The van der Waals surface area contributed by atoms with Gasteiger partial charge in [-0.1, -0.05) is 18.2 Å². The van der Waals surface area contributed by atoms with Gasteiger partial charge in [0, 0.05) is 18.3 Å². The molecule has 0 saturated carbocycles. The zero-order valence-corrected chi connectivity index (χ0v) is 12.6. The number of anilines is 1. The highest BCUT2D eigenvalue weighted by Gasteiger charge is 2.27. The first-order valence-electron chi connectivity index (χ1n) is 7.50. The molecule has 1 unspecified atom stereocenters. The summed E-state index contributed by atoms with van der Waals surface area (Å²) in [4.78, 5) is 14.3. The number of nitrogens with one attached hydrogen (secondary N) is 1. The molecule has 0 radical (unpaired) electrons. The van der Waals surface area contributed by atoms with Gasteiger partial charge in [-0.15, -0.1) is 0 Å². The molecule has 3 rings (SSSR count). The van der Waals surface area contributed by atoms with E-state index < -0.39 is 0 Å². The average Bonchev–Trinajstić information content (AvgIpc) is 3.10. The minimum atomic E-state index is -0.210. The Morgan fingerprint density at radius 2 is 2.23 bits per heavy atom. The van der Waals surface area contributed by atoms with Crippen LogP contribution >= 0.6 is 0 Å². The lowest BCUT2D eigenvalue weighted by Crippen LogP contribution is -2.31. The first-order valence-corrected chi connectivity index (χ1v) is 7.50. The molecule has 0 saturated heterocycles. The number of hydrogen-bond donors (Lipinski definition) is 2. The number of amides is 1. The van der Waals surface area contributed by atoms with Crippen molar-refractivity contribution in [1.82, 2.24) is 5.32 Å². The zero-order chi connectivity index (χ0) is 15.5. The molecule has 2 N–H and O–H groups in total. The van der Waals surface area contributed by atoms with Crippen molar-refractivity contribution in [2.75, 3.05) is 18.1 Å². The van der Waals surface area contributed by atoms with E-state index in [1.807, 2.05) is 6.07 Å². The first-order chi connectivity index (χ1) is 10.7. The number of furan rings is 1. The number of para-hydroxylation sites is 1. The summed E-state index contributed by atoms with van der Waals surface area (Å²) in [5, 5.41) is 11.5. The van der Waals surface area contributed by atoms with Crippen LogP contribution in [-0.2, 0) is 13.0 Å². The molecule has 0 spiro atoms. The molecule has 22 heavy (non-hydrogen) atoms. The second-order valence-corrected chi connectivity index (χ2v) is 5.55. The SMILES string of the molecule is CC1Cc2ccccc2N1Cc1occc1C(=O)NCCO. The van der Waals surface area contributed by atoms with Crippen molar-refractivity contribution in [3.63, 3.8) is 0 Å². The smallest absolute Gasteiger partial charge is 0.254 e. The Morgan fingerprint density at radius 1 is 1.41 bits per heavy atom. The highest BCUT2D eigenvalue weighted by atomic mass is 16.3. The fraction of sp³-hybridized carbons (Fsp3) is 0.353. The number of aliphatic hydroxyl groups excluding tert-OH is 1. The third kappa shape index (κ3) is 2.72. The maximum atomic E-state index is 12.1. The van der Waals surface area contributed by atoms with E-state index in [0.717, 1.165) is 6.42 Å². The van der Waals surface area contributed by atoms with Crippen molar-refractivity contribution in [3.8, 4) is 0 Å². The molecule has 2 heterocycles. The predicted molar refractivity (Wildman–Crippen MR) is 83.9 cm³/mol. The van der Waals surface area contributed by atoms with E-state index >= 15 is 0 Å². The van der Waals surface area contributed by atoms with Crippen LogP contribution < -0.4 is 10.2 Å². The monoisotopic (exact) mass is 300 g/mol. The van der Waals surface area contributed by atoms with Crippen molar-refractivity contribution < 1.29 is 14.3 Å². The maximum Gasteiger partial charge on any atom is 0.254 e. The molecule has 0 fully saturated rings. The number of fused-ring (bicyclic) bond motifs is 1. The number of benzene rings is 1. The summed E-state index contributed by atoms with van der Waals surface area (Å²) in [6.45, 7) is 2.91. The lowest BCUT2D eigenvalue weighted by molar-refractivity contribution is 0.0942. The van der Waals surface area contributed by atoms with E-state index in [2.05, 4.69) is 35.3 Å². The molecule has 5 nitrogen and oxygen atoms in total. The number of rotatable bonds is 5. The van der Waals surface area contributed by atoms with Gasteiger partial charge >= 0.3 is 0 Å². The molecular weight excluding hydrogens is 280 g/mol. The summed E-state index contributed by atoms with van der Waals surface area (Å²) >= 11 is 0. The second-order valence-electron chi connectivity index (χ2n) is 5.55. The molecule has 1 aromatic carbocycles. The van der Waals surface area contributed by atoms with Gasteiger partial charge in [0.15, 0.2) is 0 Å². The van der Waals surface area contributed by atoms with Gasteiger partial charge in [0.2, 0.25) is 0 Å². The van der Waals surface area contributed by atoms with Crippen LogP contribution in [0.15, 0.2) is 41.0 Å². The quantitative estimate of drug-likeness (QED) is 0.886. The van der Waals surface area contributed by atoms with Gasteiger partial charge in [-0.3, -0.25) is 4.79 Å². The van der Waals surface area contributed by atoms with Crippen LogP contribution in [0.5, 0.6) is 0 Å². The maximum absolute atomic E-state index is 12.1. The Morgan fingerprint density at radius 3 is 3.05 bits per heavy atom. The topological polar surface area (TPSA) is 65.7 Å². The van der Waals surface area contributed by atoms with Gasteiger partial charge in [-0.25, -0.2) is 0 Å². The molecule has 5 heteroatoms. The summed E-state index contributed by atoms with van der Waals surface area (Å²) in [7, 11) is 0. The molecule has 2 aromatic rings. The molecule has 0 aliphatic carbocycles. The Bertz CT molecular complexity index is 665. The summed E-state index contributed by atoms with van der Waals surface area (Å²) in [6.07, 6.45) is 2.54. The zero-order valence-electron chi connectivity index (χ0n) is 12.6. The van der Waals surface area contributed by atoms with Crippen LogP contribution in [0.3, 0.4) is 0 Å². The fourth-order valence-corrected chi connectivity index (χ4v) is 2.96. The van der Waals surface area contributed by atoms with Crippen molar-refractivity contribution >= 4 is 11.6 Å². The fourth-order valence-electron chi connectivity index (χ4n) is 2.96. The van der Waals surface area contributed by atoms with Crippen molar-refractivity contribution in [1.29, 1.82) is 0 Å². The standard InChI is InChI=1S/C17H20N2O3/c1-12-10-13-4-2-3-5-15(13)19(12)11-16-14(6-9-22-16)17(21)18-7-8-20/h2-6,9,12,20H,7-8,10-11H2,1H3,(H,18,21). The summed E-state index contributed by atoms with van der Waals surface area (Å²) < 4.78 is 5.53. The largest absolute Gasteiger partial charge is 0.467 e. The van der Waals surface area contributed by atoms with E-state index in [0.29, 0.717) is 23.9 Å². The van der Waals surface area contributed by atoms with Crippen LogP contribution in [0, 0.1) is 0 Å². The van der Waals surface area contributed by atoms with Gasteiger partial charge < -0.3 is 19.7 Å². The van der Waals surface area contributed by atoms with E-state index in [1.165, 1.54) is 17.5 Å². The normalized spacial score (nSPS) is 16.6. The van der Waals surface area contributed by atoms with Crippen LogP contribution in [0.4, 0.5) is 5.69 Å². The molecule has 1 amide bonds. The molecule has 116 valence electrons. The lowest BCUT2D eigenvalue weighted by atomic mass is 10.1. The van der Waals surface area contributed by atoms with Crippen molar-refractivity contribution in [2.24, 2.45) is 0 Å². The van der Waals surface area contributed by atoms with Gasteiger partial charge in [-0.2, -0.15) is 0 Å². The Balaban J connectivity index is 1.80. The van der Waals surface area contributed by atoms with Crippen LogP contribution in [-0.4, -0.2) is 30.2 Å². The average molecular weight is 300 g/mol. The number of carbonyl (C=O) groups excluding carboxylic acids is 1. The van der Waals surface area contributed by atoms with Crippen molar-refractivity contribution in [3.05, 3.63) is 53.5 Å². The number of nitrogens with zero attached hydrogens (tertiary/aromatic N) is 1. The molecule has 0 bridgehead atoms. The van der Waals surface area contributed by atoms with Gasteiger partial charge in [0.05, 0.1) is 25.0 Å². The molecule has 1 aliphatic rings. The second kappa shape index (κ2) is 6.23. The third-order valence-electron chi connectivity index (χ3n) is 4.05. The highest BCUT2D eigenvalue weighted by Crippen LogP contribution is 2.33.